The number of thiophene rings is 1. The summed E-state index contributed by atoms with van der Waals surface area (Å²) in [6.45, 7) is 7.65. The third-order valence-electron chi connectivity index (χ3n) is 6.53. The number of hydrogen-bond donors (Lipinski definition) is 0. The second kappa shape index (κ2) is 9.43. The molecule has 1 aliphatic carbocycles. The fourth-order valence-corrected chi connectivity index (χ4v) is 6.02. The van der Waals surface area contributed by atoms with Gasteiger partial charge in [-0.15, -0.1) is 11.3 Å². The molecule has 31 heavy (non-hydrogen) atoms. The Labute approximate surface area is 192 Å². The normalized spacial score (nSPS) is 25.4. The summed E-state index contributed by atoms with van der Waals surface area (Å²) in [5.41, 5.74) is 0. The van der Waals surface area contributed by atoms with E-state index in [2.05, 4.69) is 4.90 Å². The van der Waals surface area contributed by atoms with Gasteiger partial charge < -0.3 is 4.90 Å². The van der Waals surface area contributed by atoms with Crippen molar-refractivity contribution in [3.63, 3.8) is 0 Å². The Morgan fingerprint density at radius 2 is 1.68 bits per heavy atom. The Kier molecular flexibility index (Phi) is 6.84. The minimum absolute atomic E-state index is 0.0826. The lowest BCUT2D eigenvalue weighted by Crippen LogP contribution is -2.56. The van der Waals surface area contributed by atoms with E-state index in [1.165, 1.54) is 9.78 Å². The number of amides is 3. The highest BCUT2D eigenvalue weighted by atomic mass is 35.5. The van der Waals surface area contributed by atoms with Crippen LogP contribution in [0.15, 0.2) is 24.3 Å². The first-order chi connectivity index (χ1) is 14.8. The minimum Gasteiger partial charge on any atom is -0.338 e. The van der Waals surface area contributed by atoms with E-state index in [9.17, 15) is 14.4 Å². The van der Waals surface area contributed by atoms with E-state index in [1.54, 1.807) is 11.3 Å². The first-order valence-electron chi connectivity index (χ1n) is 11.1. The van der Waals surface area contributed by atoms with Crippen molar-refractivity contribution in [2.75, 3.05) is 26.2 Å². The number of imide groups is 1. The first kappa shape index (κ1) is 22.5. The summed E-state index contributed by atoms with van der Waals surface area (Å²) in [5, 5.41) is 0. The molecule has 2 fully saturated rings. The van der Waals surface area contributed by atoms with E-state index in [0.717, 1.165) is 24.0 Å². The molecule has 2 aliphatic heterocycles. The standard InChI is InChI=1S/C23H30ClN3O3S/c1-15(2)13-19(27-21(28)17-5-3-4-6-18(17)22(27)29)23(30)26-11-9-25(10-12-26)14-16-7-8-20(24)31-16/h3-4,7-8,15,17-19H,5-6,9-14H2,1-2H3. The molecular formula is C23H30ClN3O3S. The largest absolute Gasteiger partial charge is 0.338 e. The number of allylic oxidation sites excluding steroid dienone is 2. The molecule has 0 aromatic carbocycles. The number of rotatable bonds is 6. The van der Waals surface area contributed by atoms with Crippen LogP contribution in [0.4, 0.5) is 0 Å². The molecular weight excluding hydrogens is 434 g/mol. The van der Waals surface area contributed by atoms with E-state index < -0.39 is 6.04 Å². The number of hydrogen-bond acceptors (Lipinski definition) is 5. The van der Waals surface area contributed by atoms with Gasteiger partial charge in [-0.3, -0.25) is 24.2 Å². The van der Waals surface area contributed by atoms with E-state index >= 15 is 0 Å². The van der Waals surface area contributed by atoms with E-state index in [4.69, 9.17) is 11.6 Å². The highest BCUT2D eigenvalue weighted by molar-refractivity contribution is 7.16. The molecule has 1 aromatic heterocycles. The lowest BCUT2D eigenvalue weighted by Gasteiger charge is -2.38. The second-order valence-corrected chi connectivity index (χ2v) is 11.0. The molecule has 3 aliphatic rings. The van der Waals surface area contributed by atoms with Gasteiger partial charge in [-0.05, 0) is 37.3 Å². The summed E-state index contributed by atoms with van der Waals surface area (Å²) in [5.74, 6) is -0.789. The summed E-state index contributed by atoms with van der Waals surface area (Å²) >= 11 is 7.62. The van der Waals surface area contributed by atoms with Crippen LogP contribution in [0.25, 0.3) is 0 Å². The lowest BCUT2D eigenvalue weighted by molar-refractivity contribution is -0.153. The molecule has 0 N–H and O–H groups in total. The molecule has 2 saturated heterocycles. The molecule has 168 valence electrons. The average molecular weight is 464 g/mol. The van der Waals surface area contributed by atoms with Gasteiger partial charge in [0, 0.05) is 37.6 Å². The number of fused-ring (bicyclic) bond motifs is 1. The molecule has 3 unspecified atom stereocenters. The van der Waals surface area contributed by atoms with Crippen LogP contribution in [0, 0.1) is 17.8 Å². The molecule has 4 rings (SSSR count). The molecule has 1 aromatic rings. The van der Waals surface area contributed by atoms with Gasteiger partial charge >= 0.3 is 0 Å². The smallest absolute Gasteiger partial charge is 0.245 e. The molecule has 6 nitrogen and oxygen atoms in total. The van der Waals surface area contributed by atoms with Gasteiger partial charge in [0.15, 0.2) is 0 Å². The number of piperazine rings is 1. The Morgan fingerprint density at radius 3 is 2.19 bits per heavy atom. The van der Waals surface area contributed by atoms with Crippen LogP contribution in [-0.4, -0.2) is 64.6 Å². The van der Waals surface area contributed by atoms with E-state index in [-0.39, 0.29) is 35.5 Å². The summed E-state index contributed by atoms with van der Waals surface area (Å²) in [7, 11) is 0. The maximum absolute atomic E-state index is 13.5. The predicted molar refractivity (Wildman–Crippen MR) is 122 cm³/mol. The van der Waals surface area contributed by atoms with Crippen LogP contribution in [-0.2, 0) is 20.9 Å². The number of likely N-dealkylation sites (tertiary alicyclic amines) is 1. The molecule has 3 amide bonds. The topological polar surface area (TPSA) is 60.9 Å². The van der Waals surface area contributed by atoms with Crippen LogP contribution in [0.1, 0.15) is 38.0 Å². The van der Waals surface area contributed by atoms with Crippen molar-refractivity contribution in [1.29, 1.82) is 0 Å². The average Bonchev–Trinajstić information content (AvgIpc) is 3.27. The Balaban J connectivity index is 1.43. The second-order valence-electron chi connectivity index (χ2n) is 9.15. The van der Waals surface area contributed by atoms with Gasteiger partial charge in [-0.1, -0.05) is 37.6 Å². The zero-order valence-corrected chi connectivity index (χ0v) is 19.7. The van der Waals surface area contributed by atoms with E-state index in [1.807, 2.05) is 43.0 Å². The number of halogens is 1. The highest BCUT2D eigenvalue weighted by Crippen LogP contribution is 2.37. The third kappa shape index (κ3) is 4.73. The van der Waals surface area contributed by atoms with Crippen molar-refractivity contribution < 1.29 is 14.4 Å². The number of nitrogens with zero attached hydrogens (tertiary/aromatic N) is 3. The summed E-state index contributed by atoms with van der Waals surface area (Å²) < 4.78 is 0.788. The van der Waals surface area contributed by atoms with E-state index in [0.29, 0.717) is 32.4 Å². The van der Waals surface area contributed by atoms with Crippen LogP contribution >= 0.6 is 22.9 Å². The molecule has 3 atom stereocenters. The van der Waals surface area contributed by atoms with Crippen LogP contribution < -0.4 is 0 Å². The fraction of sp³-hybridized carbons (Fsp3) is 0.609. The summed E-state index contributed by atoms with van der Waals surface area (Å²) in [4.78, 5) is 46.4. The Hall–Kier alpha value is -1.70. The van der Waals surface area contributed by atoms with Crippen LogP contribution in [0.2, 0.25) is 4.34 Å². The maximum Gasteiger partial charge on any atom is 0.245 e. The van der Waals surface area contributed by atoms with Gasteiger partial charge in [-0.25, -0.2) is 0 Å². The minimum atomic E-state index is -0.687. The molecule has 8 heteroatoms. The maximum atomic E-state index is 13.5. The first-order valence-corrected chi connectivity index (χ1v) is 12.3. The Morgan fingerprint density at radius 1 is 1.06 bits per heavy atom. The van der Waals surface area contributed by atoms with Crippen molar-refractivity contribution in [2.45, 2.75) is 45.7 Å². The molecule has 0 radical (unpaired) electrons. The van der Waals surface area contributed by atoms with Gasteiger partial charge in [0.25, 0.3) is 0 Å². The molecule has 0 saturated carbocycles. The van der Waals surface area contributed by atoms with Crippen molar-refractivity contribution >= 4 is 40.7 Å². The van der Waals surface area contributed by atoms with Gasteiger partial charge in [0.1, 0.15) is 6.04 Å². The zero-order valence-electron chi connectivity index (χ0n) is 18.1. The van der Waals surface area contributed by atoms with Crippen LogP contribution in [0.5, 0.6) is 0 Å². The zero-order chi connectivity index (χ0) is 22.1. The highest BCUT2D eigenvalue weighted by Gasteiger charge is 2.51. The summed E-state index contributed by atoms with van der Waals surface area (Å²) in [6.07, 6.45) is 5.67. The van der Waals surface area contributed by atoms with Crippen LogP contribution in [0.3, 0.4) is 0 Å². The quantitative estimate of drug-likeness (QED) is 0.479. The number of carbonyl (C=O) groups excluding carboxylic acids is 3. The third-order valence-corrected chi connectivity index (χ3v) is 7.74. The van der Waals surface area contributed by atoms with Gasteiger partial charge in [-0.2, -0.15) is 0 Å². The van der Waals surface area contributed by atoms with Crippen molar-refractivity contribution in [2.24, 2.45) is 17.8 Å². The van der Waals surface area contributed by atoms with Crippen molar-refractivity contribution in [1.82, 2.24) is 14.7 Å². The van der Waals surface area contributed by atoms with Crippen molar-refractivity contribution in [3.8, 4) is 0 Å². The number of carbonyl (C=O) groups is 3. The fourth-order valence-electron chi connectivity index (χ4n) is 4.89. The monoisotopic (exact) mass is 463 g/mol. The summed E-state index contributed by atoms with van der Waals surface area (Å²) in [6, 6.07) is 3.27. The SMILES string of the molecule is CC(C)CC(C(=O)N1CCN(Cc2ccc(Cl)s2)CC1)N1C(=O)C2CC=CCC2C1=O. The molecule has 3 heterocycles. The van der Waals surface area contributed by atoms with Gasteiger partial charge in [0.05, 0.1) is 16.2 Å². The predicted octanol–water partition coefficient (Wildman–Crippen LogP) is 3.41. The van der Waals surface area contributed by atoms with Gasteiger partial charge in [0.2, 0.25) is 17.7 Å². The lowest BCUT2D eigenvalue weighted by atomic mass is 9.85. The molecule has 0 bridgehead atoms. The Bertz CT molecular complexity index is 849. The van der Waals surface area contributed by atoms with Crippen molar-refractivity contribution in [3.05, 3.63) is 33.5 Å². The molecule has 0 spiro atoms.